The van der Waals surface area contributed by atoms with Crippen molar-refractivity contribution in [3.05, 3.63) is 54.5 Å². The van der Waals surface area contributed by atoms with E-state index in [9.17, 15) is 0 Å². The molecule has 0 aliphatic heterocycles. The Labute approximate surface area is 112 Å². The molecule has 19 heavy (non-hydrogen) atoms. The van der Waals surface area contributed by atoms with Crippen molar-refractivity contribution in [3.63, 3.8) is 0 Å². The third kappa shape index (κ3) is 2.24. The predicted molar refractivity (Wildman–Crippen MR) is 77.4 cm³/mol. The van der Waals surface area contributed by atoms with Gasteiger partial charge in [0.1, 0.15) is 0 Å². The zero-order valence-electron chi connectivity index (χ0n) is 11.2. The molecule has 0 aliphatic carbocycles. The van der Waals surface area contributed by atoms with E-state index >= 15 is 0 Å². The maximum atomic E-state index is 4.48. The number of benzene rings is 1. The van der Waals surface area contributed by atoms with Gasteiger partial charge in [0, 0.05) is 23.5 Å². The van der Waals surface area contributed by atoms with E-state index in [2.05, 4.69) is 42.1 Å². The molecule has 0 saturated heterocycles. The van der Waals surface area contributed by atoms with Crippen molar-refractivity contribution in [1.82, 2.24) is 14.8 Å². The normalized spacial score (nSPS) is 11.3. The first kappa shape index (κ1) is 11.9. The fourth-order valence-electron chi connectivity index (χ4n) is 2.39. The van der Waals surface area contributed by atoms with Gasteiger partial charge in [-0.05, 0) is 42.7 Å². The summed E-state index contributed by atoms with van der Waals surface area (Å²) >= 11 is 0. The Morgan fingerprint density at radius 2 is 1.95 bits per heavy atom. The summed E-state index contributed by atoms with van der Waals surface area (Å²) in [5.74, 6) is 0.614. The summed E-state index contributed by atoms with van der Waals surface area (Å²) in [5, 5.41) is 5.62. The van der Waals surface area contributed by atoms with E-state index in [4.69, 9.17) is 0 Å². The molecule has 3 aromatic rings. The van der Waals surface area contributed by atoms with Crippen LogP contribution in [0.1, 0.15) is 19.5 Å². The highest BCUT2D eigenvalue weighted by molar-refractivity contribution is 5.86. The molecule has 2 aromatic heterocycles. The molecule has 3 rings (SSSR count). The summed E-state index contributed by atoms with van der Waals surface area (Å²) in [6.07, 6.45) is 4.72. The van der Waals surface area contributed by atoms with Gasteiger partial charge in [0.2, 0.25) is 0 Å². The Morgan fingerprint density at radius 3 is 2.79 bits per heavy atom. The van der Waals surface area contributed by atoms with Gasteiger partial charge < -0.3 is 0 Å². The lowest BCUT2D eigenvalue weighted by Gasteiger charge is -2.11. The van der Waals surface area contributed by atoms with Crippen LogP contribution >= 0.6 is 0 Å². The number of aromatic nitrogens is 3. The Balaban J connectivity index is 2.17. The molecule has 0 saturated carbocycles. The standard InChI is InChI=1S/C16H17N3/c1-12(2)11-13-8-10-18-19(13)16-7-3-6-15-14(16)5-4-9-17-15/h3-10,12H,11H2,1-2H3. The first-order chi connectivity index (χ1) is 9.25. The molecule has 0 amide bonds. The first-order valence-electron chi connectivity index (χ1n) is 6.63. The van der Waals surface area contributed by atoms with Crippen LogP contribution in [0.15, 0.2) is 48.8 Å². The summed E-state index contributed by atoms with van der Waals surface area (Å²) in [7, 11) is 0. The van der Waals surface area contributed by atoms with Gasteiger partial charge in [0.25, 0.3) is 0 Å². The smallest absolute Gasteiger partial charge is 0.0742 e. The SMILES string of the molecule is CC(C)Cc1ccnn1-c1cccc2ncccc12. The molecular weight excluding hydrogens is 234 g/mol. The molecule has 3 heteroatoms. The summed E-state index contributed by atoms with van der Waals surface area (Å²) < 4.78 is 2.03. The van der Waals surface area contributed by atoms with E-state index in [1.165, 1.54) is 5.69 Å². The molecule has 96 valence electrons. The average Bonchev–Trinajstić information content (AvgIpc) is 2.85. The zero-order valence-corrected chi connectivity index (χ0v) is 11.2. The third-order valence-corrected chi connectivity index (χ3v) is 3.19. The number of hydrogen-bond donors (Lipinski definition) is 0. The fraction of sp³-hybridized carbons (Fsp3) is 0.250. The molecule has 0 spiro atoms. The Hall–Kier alpha value is -2.16. The van der Waals surface area contributed by atoms with Gasteiger partial charge in [-0.1, -0.05) is 19.9 Å². The highest BCUT2D eigenvalue weighted by Crippen LogP contribution is 2.22. The van der Waals surface area contributed by atoms with Gasteiger partial charge in [-0.2, -0.15) is 5.10 Å². The minimum Gasteiger partial charge on any atom is -0.256 e. The van der Waals surface area contributed by atoms with Crippen molar-refractivity contribution >= 4 is 10.9 Å². The van der Waals surface area contributed by atoms with Crippen LogP contribution in [0.3, 0.4) is 0 Å². The fourth-order valence-corrected chi connectivity index (χ4v) is 2.39. The van der Waals surface area contributed by atoms with E-state index < -0.39 is 0 Å². The second kappa shape index (κ2) is 4.84. The van der Waals surface area contributed by atoms with E-state index in [0.717, 1.165) is 23.0 Å². The Bertz CT molecular complexity index is 693. The lowest BCUT2D eigenvalue weighted by molar-refractivity contribution is 0.617. The van der Waals surface area contributed by atoms with Gasteiger partial charge in [0.15, 0.2) is 0 Å². The van der Waals surface area contributed by atoms with E-state index in [0.29, 0.717) is 5.92 Å². The van der Waals surface area contributed by atoms with Crippen LogP contribution in [0.25, 0.3) is 16.6 Å². The zero-order chi connectivity index (χ0) is 13.2. The maximum absolute atomic E-state index is 4.48. The predicted octanol–water partition coefficient (Wildman–Crippen LogP) is 3.62. The molecule has 0 aliphatic rings. The number of pyridine rings is 1. The molecule has 0 radical (unpaired) electrons. The van der Waals surface area contributed by atoms with Crippen LogP contribution in [0, 0.1) is 5.92 Å². The van der Waals surface area contributed by atoms with E-state index in [1.807, 2.05) is 35.3 Å². The Kier molecular flexibility index (Phi) is 3.03. The minimum atomic E-state index is 0.614. The van der Waals surface area contributed by atoms with Crippen LogP contribution in [0.2, 0.25) is 0 Å². The molecule has 0 N–H and O–H groups in total. The third-order valence-electron chi connectivity index (χ3n) is 3.19. The second-order valence-corrected chi connectivity index (χ2v) is 5.18. The van der Waals surface area contributed by atoms with E-state index in [-0.39, 0.29) is 0 Å². The monoisotopic (exact) mass is 251 g/mol. The van der Waals surface area contributed by atoms with Crippen LogP contribution in [-0.2, 0) is 6.42 Å². The molecule has 0 unspecified atom stereocenters. The molecule has 3 nitrogen and oxygen atoms in total. The average molecular weight is 251 g/mol. The van der Waals surface area contributed by atoms with Gasteiger partial charge in [-0.25, -0.2) is 4.68 Å². The van der Waals surface area contributed by atoms with Gasteiger partial charge in [-0.15, -0.1) is 0 Å². The quantitative estimate of drug-likeness (QED) is 0.711. The highest BCUT2D eigenvalue weighted by Gasteiger charge is 2.09. The summed E-state index contributed by atoms with van der Waals surface area (Å²) in [4.78, 5) is 4.40. The van der Waals surface area contributed by atoms with Crippen LogP contribution in [0.5, 0.6) is 0 Å². The largest absolute Gasteiger partial charge is 0.256 e. The van der Waals surface area contributed by atoms with Gasteiger partial charge in [0.05, 0.1) is 11.2 Å². The molecule has 2 heterocycles. The maximum Gasteiger partial charge on any atom is 0.0742 e. The number of nitrogens with zero attached hydrogens (tertiary/aromatic N) is 3. The van der Waals surface area contributed by atoms with E-state index in [1.54, 1.807) is 0 Å². The first-order valence-corrected chi connectivity index (χ1v) is 6.63. The van der Waals surface area contributed by atoms with Gasteiger partial charge in [-0.3, -0.25) is 4.98 Å². The van der Waals surface area contributed by atoms with Crippen molar-refractivity contribution in [3.8, 4) is 5.69 Å². The lowest BCUT2D eigenvalue weighted by Crippen LogP contribution is -2.05. The molecule has 0 fully saturated rings. The lowest BCUT2D eigenvalue weighted by atomic mass is 10.1. The Morgan fingerprint density at radius 1 is 1.05 bits per heavy atom. The molecule has 1 aromatic carbocycles. The van der Waals surface area contributed by atoms with Gasteiger partial charge >= 0.3 is 0 Å². The molecule has 0 bridgehead atoms. The van der Waals surface area contributed by atoms with Crippen molar-refractivity contribution in [1.29, 1.82) is 0 Å². The molecule has 0 atom stereocenters. The number of rotatable bonds is 3. The summed E-state index contributed by atoms with van der Waals surface area (Å²) in [6, 6.07) is 12.3. The van der Waals surface area contributed by atoms with Crippen molar-refractivity contribution in [2.75, 3.05) is 0 Å². The topological polar surface area (TPSA) is 30.7 Å². The summed E-state index contributed by atoms with van der Waals surface area (Å²) in [6.45, 7) is 4.45. The number of hydrogen-bond acceptors (Lipinski definition) is 2. The minimum absolute atomic E-state index is 0.614. The van der Waals surface area contributed by atoms with Crippen molar-refractivity contribution in [2.24, 2.45) is 5.92 Å². The second-order valence-electron chi connectivity index (χ2n) is 5.18. The highest BCUT2D eigenvalue weighted by atomic mass is 15.3. The van der Waals surface area contributed by atoms with Crippen molar-refractivity contribution < 1.29 is 0 Å². The summed E-state index contributed by atoms with van der Waals surface area (Å²) in [5.41, 5.74) is 3.35. The number of fused-ring (bicyclic) bond motifs is 1. The molecular formula is C16H17N3. The van der Waals surface area contributed by atoms with Crippen LogP contribution in [-0.4, -0.2) is 14.8 Å². The van der Waals surface area contributed by atoms with Crippen LogP contribution in [0.4, 0.5) is 0 Å². The van der Waals surface area contributed by atoms with Crippen molar-refractivity contribution in [2.45, 2.75) is 20.3 Å². The van der Waals surface area contributed by atoms with Crippen LogP contribution < -0.4 is 0 Å².